The summed E-state index contributed by atoms with van der Waals surface area (Å²) in [6, 6.07) is 12.3. The summed E-state index contributed by atoms with van der Waals surface area (Å²) in [6.45, 7) is 1.53. The second kappa shape index (κ2) is 8.09. The number of benzene rings is 2. The highest BCUT2D eigenvalue weighted by atomic mass is 32.2. The lowest BCUT2D eigenvalue weighted by Gasteiger charge is -2.28. The highest BCUT2D eigenvalue weighted by molar-refractivity contribution is 7.92. The van der Waals surface area contributed by atoms with Gasteiger partial charge in [0.1, 0.15) is 17.5 Å². The number of nitrogens with zero attached hydrogens (tertiary/aromatic N) is 1. The van der Waals surface area contributed by atoms with Crippen molar-refractivity contribution in [1.82, 2.24) is 0 Å². The van der Waals surface area contributed by atoms with Gasteiger partial charge in [0.05, 0.1) is 26.2 Å². The van der Waals surface area contributed by atoms with E-state index < -0.39 is 22.0 Å². The summed E-state index contributed by atoms with van der Waals surface area (Å²) in [4.78, 5) is 12.6. The minimum Gasteiger partial charge on any atom is -0.497 e. The number of hydrogen-bond acceptors (Lipinski definition) is 5. The number of ether oxygens (including phenoxy) is 2. The Balaban J connectivity index is 2.24. The average molecular weight is 378 g/mol. The SMILES string of the molecule is COc1ccc(NC(=O)C(C)N(c2ccc(OC)cc2)S(C)(=O)=O)cc1. The average Bonchev–Trinajstić information content (AvgIpc) is 2.61. The number of hydrogen-bond donors (Lipinski definition) is 1. The molecule has 7 nitrogen and oxygen atoms in total. The van der Waals surface area contributed by atoms with E-state index in [-0.39, 0.29) is 0 Å². The second-order valence-electron chi connectivity index (χ2n) is 5.65. The van der Waals surface area contributed by atoms with Crippen molar-refractivity contribution >= 4 is 27.3 Å². The van der Waals surface area contributed by atoms with Crippen molar-refractivity contribution in [2.75, 3.05) is 30.1 Å². The quantitative estimate of drug-likeness (QED) is 0.800. The van der Waals surface area contributed by atoms with Gasteiger partial charge in [-0.3, -0.25) is 9.10 Å². The summed E-state index contributed by atoms with van der Waals surface area (Å²) in [5.74, 6) is 0.806. The Morgan fingerprint density at radius 2 is 1.42 bits per heavy atom. The van der Waals surface area contributed by atoms with Crippen molar-refractivity contribution < 1.29 is 22.7 Å². The van der Waals surface area contributed by atoms with E-state index in [0.29, 0.717) is 22.9 Å². The van der Waals surface area contributed by atoms with Crippen LogP contribution >= 0.6 is 0 Å². The van der Waals surface area contributed by atoms with Gasteiger partial charge in [0, 0.05) is 5.69 Å². The first-order valence-corrected chi connectivity index (χ1v) is 9.69. The lowest BCUT2D eigenvalue weighted by atomic mass is 10.2. The third kappa shape index (κ3) is 4.66. The van der Waals surface area contributed by atoms with E-state index in [2.05, 4.69) is 5.32 Å². The second-order valence-corrected chi connectivity index (χ2v) is 7.51. The van der Waals surface area contributed by atoms with Crippen molar-refractivity contribution in [3.8, 4) is 11.5 Å². The first-order valence-electron chi connectivity index (χ1n) is 7.84. The predicted octanol–water partition coefficient (Wildman–Crippen LogP) is 2.50. The molecule has 1 N–H and O–H groups in total. The molecule has 26 heavy (non-hydrogen) atoms. The molecule has 0 saturated carbocycles. The minimum absolute atomic E-state index is 0.380. The van der Waals surface area contributed by atoms with Gasteiger partial charge in [-0.1, -0.05) is 0 Å². The van der Waals surface area contributed by atoms with Gasteiger partial charge in [-0.2, -0.15) is 0 Å². The van der Waals surface area contributed by atoms with Gasteiger partial charge in [0.25, 0.3) is 0 Å². The fourth-order valence-corrected chi connectivity index (χ4v) is 3.63. The number of nitrogens with one attached hydrogen (secondary N) is 1. The van der Waals surface area contributed by atoms with E-state index in [9.17, 15) is 13.2 Å². The number of sulfonamides is 1. The molecule has 0 aliphatic heterocycles. The number of anilines is 2. The standard InChI is InChI=1S/C18H22N2O5S/c1-13(18(21)19-14-5-9-16(24-2)10-6-14)20(26(4,22)23)15-7-11-17(25-3)12-8-15/h5-13H,1-4H3,(H,19,21). The topological polar surface area (TPSA) is 84.9 Å². The van der Waals surface area contributed by atoms with Gasteiger partial charge in [0.15, 0.2) is 0 Å². The van der Waals surface area contributed by atoms with Crippen molar-refractivity contribution in [2.45, 2.75) is 13.0 Å². The largest absolute Gasteiger partial charge is 0.497 e. The Labute approximate surface area is 153 Å². The highest BCUT2D eigenvalue weighted by Crippen LogP contribution is 2.24. The molecule has 0 aromatic heterocycles. The Morgan fingerprint density at radius 1 is 0.962 bits per heavy atom. The minimum atomic E-state index is -3.67. The van der Waals surface area contributed by atoms with Gasteiger partial charge in [-0.15, -0.1) is 0 Å². The molecular weight excluding hydrogens is 356 g/mol. The number of carbonyl (C=O) groups excluding carboxylic acids is 1. The van der Waals surface area contributed by atoms with Crippen LogP contribution in [0, 0.1) is 0 Å². The van der Waals surface area contributed by atoms with E-state index in [0.717, 1.165) is 10.6 Å². The molecule has 0 aliphatic carbocycles. The summed E-state index contributed by atoms with van der Waals surface area (Å²) in [6.07, 6.45) is 1.06. The van der Waals surface area contributed by atoms with Crippen LogP contribution in [0.15, 0.2) is 48.5 Å². The fraction of sp³-hybridized carbons (Fsp3) is 0.278. The Hall–Kier alpha value is -2.74. The molecule has 0 bridgehead atoms. The molecule has 1 unspecified atom stereocenters. The van der Waals surface area contributed by atoms with Crippen molar-refractivity contribution in [3.05, 3.63) is 48.5 Å². The van der Waals surface area contributed by atoms with Gasteiger partial charge < -0.3 is 14.8 Å². The van der Waals surface area contributed by atoms with Crippen LogP contribution in [0.3, 0.4) is 0 Å². The fourth-order valence-electron chi connectivity index (χ4n) is 2.46. The zero-order valence-electron chi connectivity index (χ0n) is 15.1. The Morgan fingerprint density at radius 3 is 1.85 bits per heavy atom. The smallest absolute Gasteiger partial charge is 0.247 e. The first kappa shape index (κ1) is 19.6. The maximum atomic E-state index is 12.6. The van der Waals surface area contributed by atoms with Gasteiger partial charge in [-0.25, -0.2) is 8.42 Å². The molecule has 0 fully saturated rings. The molecule has 8 heteroatoms. The normalized spacial score (nSPS) is 12.2. The third-order valence-corrected chi connectivity index (χ3v) is 5.01. The Bertz CT molecular complexity index is 848. The highest BCUT2D eigenvalue weighted by Gasteiger charge is 2.29. The summed E-state index contributed by atoms with van der Waals surface area (Å²) >= 11 is 0. The Kier molecular flexibility index (Phi) is 6.10. The van der Waals surface area contributed by atoms with Crippen LogP contribution in [0.2, 0.25) is 0 Å². The summed E-state index contributed by atoms with van der Waals surface area (Å²) < 4.78 is 35.8. The zero-order valence-corrected chi connectivity index (χ0v) is 15.9. The van der Waals surface area contributed by atoms with Gasteiger partial charge in [-0.05, 0) is 55.5 Å². The third-order valence-electron chi connectivity index (χ3n) is 3.77. The molecule has 1 amide bonds. The number of amides is 1. The van der Waals surface area contributed by atoms with Crippen LogP contribution in [0.4, 0.5) is 11.4 Å². The van der Waals surface area contributed by atoms with E-state index in [1.165, 1.54) is 14.0 Å². The van der Waals surface area contributed by atoms with Crippen molar-refractivity contribution in [1.29, 1.82) is 0 Å². The van der Waals surface area contributed by atoms with Crippen molar-refractivity contribution in [2.24, 2.45) is 0 Å². The molecule has 140 valence electrons. The maximum absolute atomic E-state index is 12.6. The maximum Gasteiger partial charge on any atom is 0.247 e. The molecule has 2 aromatic carbocycles. The molecule has 2 rings (SSSR count). The molecule has 0 spiro atoms. The first-order chi connectivity index (χ1) is 12.3. The van der Waals surface area contributed by atoms with E-state index in [4.69, 9.17) is 9.47 Å². The summed E-state index contributed by atoms with van der Waals surface area (Å²) in [7, 11) is -0.601. The summed E-state index contributed by atoms with van der Waals surface area (Å²) in [5.41, 5.74) is 0.927. The molecule has 0 aliphatic rings. The van der Waals surface area contributed by atoms with Crippen LogP contribution in [-0.4, -0.2) is 40.8 Å². The number of carbonyl (C=O) groups is 1. The zero-order chi connectivity index (χ0) is 19.3. The number of rotatable bonds is 7. The van der Waals surface area contributed by atoms with Crippen LogP contribution in [0.25, 0.3) is 0 Å². The van der Waals surface area contributed by atoms with E-state index in [1.54, 1.807) is 55.6 Å². The molecule has 2 aromatic rings. The van der Waals surface area contributed by atoms with Crippen LogP contribution in [0.5, 0.6) is 11.5 Å². The molecule has 1 atom stereocenters. The molecular formula is C18H22N2O5S. The van der Waals surface area contributed by atoms with Crippen LogP contribution in [0.1, 0.15) is 6.92 Å². The van der Waals surface area contributed by atoms with Crippen LogP contribution < -0.4 is 19.1 Å². The summed E-state index contributed by atoms with van der Waals surface area (Å²) in [5, 5.41) is 2.71. The number of methoxy groups -OCH3 is 2. The lowest BCUT2D eigenvalue weighted by molar-refractivity contribution is -0.116. The van der Waals surface area contributed by atoms with Gasteiger partial charge in [0.2, 0.25) is 15.9 Å². The van der Waals surface area contributed by atoms with Gasteiger partial charge >= 0.3 is 0 Å². The predicted molar refractivity (Wildman–Crippen MR) is 101 cm³/mol. The monoisotopic (exact) mass is 378 g/mol. The van der Waals surface area contributed by atoms with Crippen molar-refractivity contribution in [3.63, 3.8) is 0 Å². The van der Waals surface area contributed by atoms with E-state index >= 15 is 0 Å². The van der Waals surface area contributed by atoms with E-state index in [1.807, 2.05) is 0 Å². The lowest BCUT2D eigenvalue weighted by Crippen LogP contribution is -2.45. The molecule has 0 radical (unpaired) electrons. The molecule has 0 saturated heterocycles. The molecule has 0 heterocycles. The van der Waals surface area contributed by atoms with Crippen LogP contribution in [-0.2, 0) is 14.8 Å².